The molecule has 4 rings (SSSR count). The number of halogens is 1. The summed E-state index contributed by atoms with van der Waals surface area (Å²) in [6.45, 7) is 5.16. The lowest BCUT2D eigenvalue weighted by Gasteiger charge is -2.37. The third kappa shape index (κ3) is 4.66. The van der Waals surface area contributed by atoms with E-state index >= 15 is 0 Å². The van der Waals surface area contributed by atoms with E-state index in [2.05, 4.69) is 27.9 Å². The van der Waals surface area contributed by atoms with Crippen LogP contribution in [0.3, 0.4) is 0 Å². The van der Waals surface area contributed by atoms with Crippen molar-refractivity contribution < 1.29 is 19.1 Å². The quantitative estimate of drug-likeness (QED) is 0.202. The first kappa shape index (κ1) is 22.7. The van der Waals surface area contributed by atoms with Crippen molar-refractivity contribution in [3.8, 4) is 5.75 Å². The molecule has 0 bridgehead atoms. The van der Waals surface area contributed by atoms with Crippen LogP contribution in [0.1, 0.15) is 42.6 Å². The number of nitrogens with one attached hydrogen (secondary N) is 1. The lowest BCUT2D eigenvalue weighted by Crippen LogP contribution is -2.43. The molecule has 0 atom stereocenters. The maximum absolute atomic E-state index is 13.4. The number of hydrogen-bond donors (Lipinski definition) is 1. The van der Waals surface area contributed by atoms with Crippen LogP contribution >= 0.6 is 22.6 Å². The monoisotopic (exact) mass is 543 g/mol. The molecule has 0 unspecified atom stereocenters. The zero-order valence-corrected chi connectivity index (χ0v) is 20.3. The van der Waals surface area contributed by atoms with Crippen molar-refractivity contribution in [2.24, 2.45) is 0 Å². The van der Waals surface area contributed by atoms with Crippen LogP contribution in [-0.4, -0.2) is 28.4 Å². The van der Waals surface area contributed by atoms with Crippen molar-refractivity contribution >= 4 is 45.3 Å². The Hall–Kier alpha value is -2.45. The minimum atomic E-state index is -0.666. The van der Waals surface area contributed by atoms with Crippen LogP contribution in [0.4, 0.5) is 0 Å². The minimum Gasteiger partial charge on any atom is -0.450 e. The van der Waals surface area contributed by atoms with Crippen molar-refractivity contribution in [3.05, 3.63) is 77.9 Å². The van der Waals surface area contributed by atoms with Crippen LogP contribution in [0.2, 0.25) is 0 Å². The SMILES string of the molecule is CC(C)(I)C(=O)Oc1ccc(C(=O)OC2(c3ccccc3)CCNCC2)c2ccccc12. The number of piperidine rings is 1. The van der Waals surface area contributed by atoms with Crippen molar-refractivity contribution in [2.75, 3.05) is 13.1 Å². The zero-order valence-electron chi connectivity index (χ0n) is 18.2. The maximum atomic E-state index is 13.4. The van der Waals surface area contributed by atoms with Crippen molar-refractivity contribution in [1.29, 1.82) is 0 Å². The molecule has 3 aromatic carbocycles. The average molecular weight is 543 g/mol. The van der Waals surface area contributed by atoms with Gasteiger partial charge in [-0.15, -0.1) is 0 Å². The van der Waals surface area contributed by atoms with E-state index in [1.54, 1.807) is 26.0 Å². The lowest BCUT2D eigenvalue weighted by atomic mass is 9.84. The molecular weight excluding hydrogens is 517 g/mol. The van der Waals surface area contributed by atoms with E-state index in [4.69, 9.17) is 9.47 Å². The minimum absolute atomic E-state index is 0.337. The molecule has 32 heavy (non-hydrogen) atoms. The number of carbonyl (C=O) groups excluding carboxylic acids is 2. The van der Waals surface area contributed by atoms with Crippen molar-refractivity contribution in [3.63, 3.8) is 0 Å². The summed E-state index contributed by atoms with van der Waals surface area (Å²) in [4.78, 5) is 25.9. The van der Waals surface area contributed by atoms with Crippen LogP contribution in [-0.2, 0) is 15.1 Å². The molecule has 0 spiro atoms. The molecule has 1 aliphatic rings. The van der Waals surface area contributed by atoms with Gasteiger partial charge in [-0.3, -0.25) is 4.79 Å². The van der Waals surface area contributed by atoms with Gasteiger partial charge < -0.3 is 14.8 Å². The largest absolute Gasteiger partial charge is 0.450 e. The first-order valence-electron chi connectivity index (χ1n) is 10.7. The summed E-state index contributed by atoms with van der Waals surface area (Å²) >= 11 is 2.05. The van der Waals surface area contributed by atoms with Crippen LogP contribution in [0.5, 0.6) is 5.75 Å². The smallest absolute Gasteiger partial charge is 0.339 e. The third-order valence-electron chi connectivity index (χ3n) is 5.79. The van der Waals surface area contributed by atoms with Crippen molar-refractivity contribution in [2.45, 2.75) is 35.7 Å². The fourth-order valence-electron chi connectivity index (χ4n) is 4.01. The Morgan fingerprint density at radius 3 is 2.19 bits per heavy atom. The summed E-state index contributed by atoms with van der Waals surface area (Å²) in [6, 6.07) is 20.8. The molecule has 0 aromatic heterocycles. The Morgan fingerprint density at radius 2 is 1.53 bits per heavy atom. The molecule has 0 amide bonds. The van der Waals surface area contributed by atoms with Crippen LogP contribution in [0.15, 0.2) is 66.7 Å². The molecule has 3 aromatic rings. The second kappa shape index (κ2) is 9.19. The molecular formula is C26H26INO4. The Bertz CT molecular complexity index is 1130. The van der Waals surface area contributed by atoms with Gasteiger partial charge in [-0.2, -0.15) is 0 Å². The van der Waals surface area contributed by atoms with Gasteiger partial charge >= 0.3 is 11.9 Å². The number of alkyl halides is 1. The first-order valence-corrected chi connectivity index (χ1v) is 11.8. The predicted octanol–water partition coefficient (Wildman–Crippen LogP) is 5.39. The van der Waals surface area contributed by atoms with E-state index in [9.17, 15) is 9.59 Å². The van der Waals surface area contributed by atoms with E-state index in [1.807, 2.05) is 54.6 Å². The fourth-order valence-corrected chi connectivity index (χ4v) is 4.12. The normalized spacial score (nSPS) is 15.8. The topological polar surface area (TPSA) is 64.6 Å². The standard InChI is InChI=1S/C26H26INO4/c1-25(2,27)24(30)31-22-13-12-21(19-10-6-7-11-20(19)22)23(29)32-26(14-16-28-17-15-26)18-8-4-3-5-9-18/h3-13,28H,14-17H2,1-2H3. The summed E-state index contributed by atoms with van der Waals surface area (Å²) in [5, 5.41) is 4.75. The molecule has 166 valence electrons. The average Bonchev–Trinajstić information content (AvgIpc) is 2.79. The molecule has 1 heterocycles. The van der Waals surface area contributed by atoms with Crippen molar-refractivity contribution in [1.82, 2.24) is 5.32 Å². The van der Waals surface area contributed by atoms with Crippen LogP contribution < -0.4 is 10.1 Å². The maximum Gasteiger partial charge on any atom is 0.339 e. The molecule has 5 nitrogen and oxygen atoms in total. The van der Waals surface area contributed by atoms with Gasteiger partial charge in [-0.1, -0.05) is 77.2 Å². The van der Waals surface area contributed by atoms with E-state index < -0.39 is 9.02 Å². The van der Waals surface area contributed by atoms with Gasteiger partial charge in [-0.05, 0) is 50.0 Å². The molecule has 1 saturated heterocycles. The number of rotatable bonds is 5. The highest BCUT2D eigenvalue weighted by Crippen LogP contribution is 2.37. The number of hydrogen-bond acceptors (Lipinski definition) is 5. The Balaban J connectivity index is 1.70. The first-order chi connectivity index (χ1) is 15.3. The van der Waals surface area contributed by atoms with Gasteiger partial charge in [0.25, 0.3) is 0 Å². The fraction of sp³-hybridized carbons (Fsp3) is 0.308. The van der Waals surface area contributed by atoms with E-state index in [-0.39, 0.29) is 11.9 Å². The molecule has 1 aliphatic heterocycles. The van der Waals surface area contributed by atoms with Gasteiger partial charge in [-0.25, -0.2) is 4.79 Å². The zero-order chi connectivity index (χ0) is 22.8. The molecule has 0 radical (unpaired) electrons. The van der Waals surface area contributed by atoms with Crippen LogP contribution in [0.25, 0.3) is 10.8 Å². The van der Waals surface area contributed by atoms with Gasteiger partial charge in [0.2, 0.25) is 0 Å². The second-order valence-corrected chi connectivity index (χ2v) is 11.2. The number of benzene rings is 3. The molecule has 1 N–H and O–H groups in total. The number of carbonyl (C=O) groups is 2. The van der Waals surface area contributed by atoms with Gasteiger partial charge in [0.15, 0.2) is 0 Å². The number of ether oxygens (including phenoxy) is 2. The third-order valence-corrected chi connectivity index (χ3v) is 6.23. The number of esters is 2. The number of fused-ring (bicyclic) bond motifs is 1. The lowest BCUT2D eigenvalue weighted by molar-refractivity contribution is -0.135. The van der Waals surface area contributed by atoms with Gasteiger partial charge in [0, 0.05) is 18.2 Å². The molecule has 1 fully saturated rings. The Labute approximate surface area is 201 Å². The predicted molar refractivity (Wildman–Crippen MR) is 133 cm³/mol. The van der Waals surface area contributed by atoms with Gasteiger partial charge in [0.05, 0.1) is 5.56 Å². The molecule has 0 saturated carbocycles. The highest BCUT2D eigenvalue weighted by atomic mass is 127. The Kier molecular flexibility index (Phi) is 6.53. The summed E-state index contributed by atoms with van der Waals surface area (Å²) in [5.74, 6) is -0.276. The summed E-state index contributed by atoms with van der Waals surface area (Å²) < 4.78 is 11.2. The highest BCUT2D eigenvalue weighted by Gasteiger charge is 2.38. The summed E-state index contributed by atoms with van der Waals surface area (Å²) in [5.41, 5.74) is 0.804. The molecule has 0 aliphatic carbocycles. The summed E-state index contributed by atoms with van der Waals surface area (Å²) in [6.07, 6.45) is 1.42. The molecule has 6 heteroatoms. The van der Waals surface area contributed by atoms with E-state index in [0.717, 1.165) is 18.7 Å². The van der Waals surface area contributed by atoms with Crippen LogP contribution in [0, 0.1) is 0 Å². The van der Waals surface area contributed by atoms with E-state index in [1.165, 1.54) is 0 Å². The second-order valence-electron chi connectivity index (χ2n) is 8.52. The summed E-state index contributed by atoms with van der Waals surface area (Å²) in [7, 11) is 0. The Morgan fingerprint density at radius 1 is 0.906 bits per heavy atom. The van der Waals surface area contributed by atoms with Gasteiger partial charge in [0.1, 0.15) is 14.8 Å². The highest BCUT2D eigenvalue weighted by molar-refractivity contribution is 14.1. The van der Waals surface area contributed by atoms with E-state index in [0.29, 0.717) is 34.9 Å².